The first kappa shape index (κ1) is 16.5. The van der Waals surface area contributed by atoms with Crippen molar-refractivity contribution < 1.29 is 19.5 Å². The molecular formula is C14H24N2O4. The average molecular weight is 284 g/mol. The van der Waals surface area contributed by atoms with E-state index in [2.05, 4.69) is 5.32 Å². The van der Waals surface area contributed by atoms with Gasteiger partial charge in [0.2, 0.25) is 11.8 Å². The number of hydrogen-bond acceptors (Lipinski definition) is 3. The van der Waals surface area contributed by atoms with Crippen LogP contribution in [0, 0.1) is 11.8 Å². The lowest BCUT2D eigenvalue weighted by molar-refractivity contribution is -0.142. The van der Waals surface area contributed by atoms with E-state index >= 15 is 0 Å². The Hall–Kier alpha value is -1.59. The molecule has 0 saturated heterocycles. The molecule has 0 heterocycles. The normalized spacial score (nSPS) is 21.8. The molecule has 0 aliphatic heterocycles. The van der Waals surface area contributed by atoms with Crippen molar-refractivity contribution in [2.75, 3.05) is 13.1 Å². The van der Waals surface area contributed by atoms with E-state index in [0.717, 1.165) is 0 Å². The van der Waals surface area contributed by atoms with Crippen LogP contribution < -0.4 is 5.32 Å². The van der Waals surface area contributed by atoms with Gasteiger partial charge in [-0.05, 0) is 40.0 Å². The number of carboxylic acid groups (broad SMARTS) is 1. The van der Waals surface area contributed by atoms with Gasteiger partial charge in [-0.1, -0.05) is 0 Å². The Balaban J connectivity index is 2.55. The van der Waals surface area contributed by atoms with Crippen LogP contribution in [0.15, 0.2) is 0 Å². The molecule has 1 saturated carbocycles. The van der Waals surface area contributed by atoms with Crippen molar-refractivity contribution in [2.24, 2.45) is 11.8 Å². The average Bonchev–Trinajstić information content (AvgIpc) is 2.83. The van der Waals surface area contributed by atoms with Crippen molar-refractivity contribution in [2.45, 2.75) is 46.1 Å². The Morgan fingerprint density at radius 2 is 1.85 bits per heavy atom. The molecule has 0 unspecified atom stereocenters. The summed E-state index contributed by atoms with van der Waals surface area (Å²) in [5, 5.41) is 11.7. The number of hydrogen-bond donors (Lipinski definition) is 2. The van der Waals surface area contributed by atoms with Gasteiger partial charge in [0.1, 0.15) is 0 Å². The second kappa shape index (κ2) is 7.26. The molecule has 1 aliphatic carbocycles. The predicted molar refractivity (Wildman–Crippen MR) is 74.0 cm³/mol. The maximum atomic E-state index is 12.3. The molecule has 1 rings (SSSR count). The number of aliphatic carboxylic acids is 1. The van der Waals surface area contributed by atoms with Gasteiger partial charge in [-0.3, -0.25) is 14.4 Å². The smallest absolute Gasteiger partial charge is 0.306 e. The Bertz CT molecular complexity index is 381. The summed E-state index contributed by atoms with van der Waals surface area (Å²) in [6.45, 7) is 6.05. The molecule has 0 bridgehead atoms. The maximum absolute atomic E-state index is 12.3. The summed E-state index contributed by atoms with van der Waals surface area (Å²) in [5.41, 5.74) is 0. The van der Waals surface area contributed by atoms with Gasteiger partial charge >= 0.3 is 5.97 Å². The Morgan fingerprint density at radius 1 is 1.25 bits per heavy atom. The van der Waals surface area contributed by atoms with E-state index in [4.69, 9.17) is 5.11 Å². The van der Waals surface area contributed by atoms with Crippen LogP contribution in [0.2, 0.25) is 0 Å². The SMILES string of the molecule is CCN(CC(=O)NC(C)C)C(=O)[C@@H]1CC[C@H](C(=O)O)C1. The van der Waals surface area contributed by atoms with Crippen LogP contribution in [-0.2, 0) is 14.4 Å². The molecule has 0 aromatic heterocycles. The molecule has 2 N–H and O–H groups in total. The molecule has 0 radical (unpaired) electrons. The van der Waals surface area contributed by atoms with Gasteiger partial charge in [-0.25, -0.2) is 0 Å². The molecule has 6 nitrogen and oxygen atoms in total. The van der Waals surface area contributed by atoms with Crippen molar-refractivity contribution in [3.8, 4) is 0 Å². The highest BCUT2D eigenvalue weighted by molar-refractivity contribution is 5.86. The summed E-state index contributed by atoms with van der Waals surface area (Å²) in [6.07, 6.45) is 1.52. The predicted octanol–water partition coefficient (Wildman–Crippen LogP) is 0.860. The molecule has 2 amide bonds. The monoisotopic (exact) mass is 284 g/mol. The van der Waals surface area contributed by atoms with Gasteiger partial charge in [0.05, 0.1) is 12.5 Å². The van der Waals surface area contributed by atoms with Gasteiger partial charge in [0, 0.05) is 18.5 Å². The third kappa shape index (κ3) is 4.51. The fourth-order valence-corrected chi connectivity index (χ4v) is 2.57. The van der Waals surface area contributed by atoms with E-state index in [1.807, 2.05) is 20.8 Å². The third-order valence-corrected chi connectivity index (χ3v) is 3.61. The minimum atomic E-state index is -0.833. The van der Waals surface area contributed by atoms with Crippen molar-refractivity contribution in [3.63, 3.8) is 0 Å². The zero-order valence-corrected chi connectivity index (χ0v) is 12.4. The molecule has 1 fully saturated rings. The van der Waals surface area contributed by atoms with Crippen LogP contribution in [0.1, 0.15) is 40.0 Å². The number of amides is 2. The summed E-state index contributed by atoms with van der Waals surface area (Å²) < 4.78 is 0. The van der Waals surface area contributed by atoms with Crippen molar-refractivity contribution in [3.05, 3.63) is 0 Å². The van der Waals surface area contributed by atoms with Gasteiger partial charge < -0.3 is 15.3 Å². The highest BCUT2D eigenvalue weighted by Gasteiger charge is 2.35. The zero-order chi connectivity index (χ0) is 15.3. The lowest BCUT2D eigenvalue weighted by Gasteiger charge is -2.24. The minimum Gasteiger partial charge on any atom is -0.481 e. The van der Waals surface area contributed by atoms with Gasteiger partial charge in [-0.2, -0.15) is 0 Å². The minimum absolute atomic E-state index is 0.0409. The number of nitrogens with zero attached hydrogens (tertiary/aromatic N) is 1. The first-order valence-corrected chi connectivity index (χ1v) is 7.16. The van der Waals surface area contributed by atoms with Crippen molar-refractivity contribution >= 4 is 17.8 Å². The number of carboxylic acids is 1. The van der Waals surface area contributed by atoms with Crippen molar-refractivity contribution in [1.82, 2.24) is 10.2 Å². The molecule has 20 heavy (non-hydrogen) atoms. The molecule has 0 spiro atoms. The fraction of sp³-hybridized carbons (Fsp3) is 0.786. The molecule has 2 atom stereocenters. The topological polar surface area (TPSA) is 86.7 Å². The number of rotatable bonds is 6. The summed E-state index contributed by atoms with van der Waals surface area (Å²) >= 11 is 0. The molecule has 6 heteroatoms. The van der Waals surface area contributed by atoms with Crippen LogP contribution >= 0.6 is 0 Å². The highest BCUT2D eigenvalue weighted by atomic mass is 16.4. The highest BCUT2D eigenvalue weighted by Crippen LogP contribution is 2.32. The summed E-state index contributed by atoms with van der Waals surface area (Å²) in [7, 11) is 0. The number of carbonyl (C=O) groups is 3. The lowest BCUT2D eigenvalue weighted by atomic mass is 10.0. The molecule has 1 aliphatic rings. The first-order chi connectivity index (χ1) is 9.35. The van der Waals surface area contributed by atoms with E-state index in [-0.39, 0.29) is 30.3 Å². The van der Waals surface area contributed by atoms with E-state index in [0.29, 0.717) is 25.8 Å². The summed E-state index contributed by atoms with van der Waals surface area (Å²) in [6, 6.07) is 0.0409. The fourth-order valence-electron chi connectivity index (χ4n) is 2.57. The van der Waals surface area contributed by atoms with Crippen LogP contribution in [0.25, 0.3) is 0 Å². The van der Waals surface area contributed by atoms with Gasteiger partial charge in [0.25, 0.3) is 0 Å². The van der Waals surface area contributed by atoms with E-state index in [9.17, 15) is 14.4 Å². The van der Waals surface area contributed by atoms with Crippen LogP contribution in [0.4, 0.5) is 0 Å². The molecule has 0 aromatic rings. The lowest BCUT2D eigenvalue weighted by Crippen LogP contribution is -2.44. The van der Waals surface area contributed by atoms with E-state index in [1.165, 1.54) is 4.90 Å². The summed E-state index contributed by atoms with van der Waals surface area (Å²) in [4.78, 5) is 36.5. The van der Waals surface area contributed by atoms with E-state index < -0.39 is 11.9 Å². The quantitative estimate of drug-likeness (QED) is 0.757. The molecular weight excluding hydrogens is 260 g/mol. The van der Waals surface area contributed by atoms with E-state index in [1.54, 1.807) is 0 Å². The number of carbonyl (C=O) groups excluding carboxylic acids is 2. The zero-order valence-electron chi connectivity index (χ0n) is 12.4. The Labute approximate surface area is 119 Å². The van der Waals surface area contributed by atoms with Crippen LogP contribution in [0.3, 0.4) is 0 Å². The maximum Gasteiger partial charge on any atom is 0.306 e. The van der Waals surface area contributed by atoms with Crippen LogP contribution in [-0.4, -0.2) is 46.9 Å². The third-order valence-electron chi connectivity index (χ3n) is 3.61. The second-order valence-electron chi connectivity index (χ2n) is 5.62. The number of nitrogens with one attached hydrogen (secondary N) is 1. The Morgan fingerprint density at radius 3 is 2.30 bits per heavy atom. The van der Waals surface area contributed by atoms with Gasteiger partial charge in [0.15, 0.2) is 0 Å². The summed E-state index contributed by atoms with van der Waals surface area (Å²) in [5.74, 6) is -1.80. The van der Waals surface area contributed by atoms with Crippen LogP contribution in [0.5, 0.6) is 0 Å². The standard InChI is InChI=1S/C14H24N2O4/c1-4-16(8-12(17)15-9(2)3)13(18)10-5-6-11(7-10)14(19)20/h9-11H,4-8H2,1-3H3,(H,15,17)(H,19,20)/t10-,11+/m1/s1. The van der Waals surface area contributed by atoms with Crippen molar-refractivity contribution in [1.29, 1.82) is 0 Å². The molecule has 0 aromatic carbocycles. The first-order valence-electron chi connectivity index (χ1n) is 7.16. The largest absolute Gasteiger partial charge is 0.481 e. The second-order valence-corrected chi connectivity index (χ2v) is 5.62. The molecule has 114 valence electrons. The van der Waals surface area contributed by atoms with Gasteiger partial charge in [-0.15, -0.1) is 0 Å². The number of likely N-dealkylation sites (N-methyl/N-ethyl adjacent to an activating group) is 1. The Kier molecular flexibility index (Phi) is 5.98.